The minimum atomic E-state index is 0. The van der Waals surface area contributed by atoms with Crippen molar-refractivity contribution < 1.29 is 4.79 Å². The SMILES string of the molecule is Cl.Cl.O=Cc1cccs1. The van der Waals surface area contributed by atoms with Gasteiger partial charge in [-0.1, -0.05) is 6.07 Å². The van der Waals surface area contributed by atoms with Gasteiger partial charge in [0.1, 0.15) is 0 Å². The lowest BCUT2D eigenvalue weighted by Gasteiger charge is -1.66. The van der Waals surface area contributed by atoms with Crippen LogP contribution in [-0.2, 0) is 0 Å². The highest BCUT2D eigenvalue weighted by Crippen LogP contribution is 2.02. The predicted molar refractivity (Wildman–Crippen MR) is 44.2 cm³/mol. The van der Waals surface area contributed by atoms with Gasteiger partial charge in [-0.25, -0.2) is 0 Å². The summed E-state index contributed by atoms with van der Waals surface area (Å²) in [6.07, 6.45) is 0.852. The van der Waals surface area contributed by atoms with E-state index in [0.29, 0.717) is 0 Å². The molecule has 1 rings (SSSR count). The maximum Gasteiger partial charge on any atom is 0.159 e. The molecule has 9 heavy (non-hydrogen) atoms. The van der Waals surface area contributed by atoms with Gasteiger partial charge in [0.2, 0.25) is 0 Å². The van der Waals surface area contributed by atoms with Crippen LogP contribution in [0.15, 0.2) is 17.5 Å². The summed E-state index contributed by atoms with van der Waals surface area (Å²) in [4.78, 5) is 10.7. The molecule has 0 aliphatic heterocycles. The topological polar surface area (TPSA) is 17.1 Å². The second kappa shape index (κ2) is 6.08. The molecule has 0 atom stereocenters. The van der Waals surface area contributed by atoms with E-state index in [2.05, 4.69) is 0 Å². The van der Waals surface area contributed by atoms with E-state index in [4.69, 9.17) is 0 Å². The third-order valence-electron chi connectivity index (χ3n) is 0.659. The van der Waals surface area contributed by atoms with Crippen molar-refractivity contribution in [1.29, 1.82) is 0 Å². The second-order valence-electron chi connectivity index (χ2n) is 1.13. The molecule has 1 nitrogen and oxygen atoms in total. The number of carbonyl (C=O) groups excluding carboxylic acids is 1. The van der Waals surface area contributed by atoms with Gasteiger partial charge in [0.25, 0.3) is 0 Å². The molecule has 4 heteroatoms. The Bertz CT molecular complexity index is 150. The first-order chi connectivity index (χ1) is 3.43. The van der Waals surface area contributed by atoms with Crippen LogP contribution in [0.4, 0.5) is 0 Å². The van der Waals surface area contributed by atoms with Crippen LogP contribution < -0.4 is 0 Å². The van der Waals surface area contributed by atoms with Crippen LogP contribution in [0.25, 0.3) is 0 Å². The summed E-state index contributed by atoms with van der Waals surface area (Å²) in [5, 5.41) is 1.88. The largest absolute Gasteiger partial charge is 0.297 e. The molecule has 0 aliphatic carbocycles. The van der Waals surface area contributed by atoms with Gasteiger partial charge in [-0.3, -0.25) is 4.79 Å². The third kappa shape index (κ3) is 3.51. The van der Waals surface area contributed by atoms with E-state index in [0.717, 1.165) is 11.2 Å². The van der Waals surface area contributed by atoms with Crippen LogP contribution in [0.1, 0.15) is 9.67 Å². The molecule has 0 radical (unpaired) electrons. The monoisotopic (exact) mass is 184 g/mol. The summed E-state index contributed by atoms with van der Waals surface area (Å²) in [7, 11) is 0. The number of hydrogen-bond acceptors (Lipinski definition) is 2. The number of rotatable bonds is 1. The van der Waals surface area contributed by atoms with E-state index in [1.54, 1.807) is 6.07 Å². The van der Waals surface area contributed by atoms with Gasteiger partial charge in [-0.15, -0.1) is 36.2 Å². The van der Waals surface area contributed by atoms with Gasteiger partial charge in [0.15, 0.2) is 6.29 Å². The van der Waals surface area contributed by atoms with Crippen LogP contribution in [0.2, 0.25) is 0 Å². The molecule has 0 fully saturated rings. The molecular weight excluding hydrogens is 179 g/mol. The minimum Gasteiger partial charge on any atom is -0.297 e. The van der Waals surface area contributed by atoms with Crippen molar-refractivity contribution in [3.05, 3.63) is 22.4 Å². The van der Waals surface area contributed by atoms with Crippen molar-refractivity contribution in [1.82, 2.24) is 0 Å². The molecule has 0 spiro atoms. The number of halogens is 2. The maximum atomic E-state index is 9.88. The number of carbonyl (C=O) groups is 1. The fourth-order valence-electron chi connectivity index (χ4n) is 0.358. The zero-order chi connectivity index (χ0) is 5.11. The summed E-state index contributed by atoms with van der Waals surface area (Å²) < 4.78 is 0. The summed E-state index contributed by atoms with van der Waals surface area (Å²) >= 11 is 1.45. The van der Waals surface area contributed by atoms with Crippen molar-refractivity contribution >= 4 is 42.4 Å². The molecule has 0 bridgehead atoms. The average molecular weight is 185 g/mol. The Morgan fingerprint density at radius 1 is 1.44 bits per heavy atom. The first kappa shape index (κ1) is 11.7. The molecule has 0 aliphatic rings. The van der Waals surface area contributed by atoms with E-state index < -0.39 is 0 Å². The fraction of sp³-hybridized carbons (Fsp3) is 0. The van der Waals surface area contributed by atoms with Gasteiger partial charge in [-0.05, 0) is 11.4 Å². The van der Waals surface area contributed by atoms with Gasteiger partial charge < -0.3 is 0 Å². The van der Waals surface area contributed by atoms with Crippen molar-refractivity contribution in [3.8, 4) is 0 Å². The lowest BCUT2D eigenvalue weighted by atomic mass is 10.5. The van der Waals surface area contributed by atoms with Crippen LogP contribution in [0.5, 0.6) is 0 Å². The molecular formula is C5H6Cl2OS. The summed E-state index contributed by atoms with van der Waals surface area (Å²) in [5.41, 5.74) is 0. The number of hydrogen-bond donors (Lipinski definition) is 0. The van der Waals surface area contributed by atoms with Gasteiger partial charge in [-0.2, -0.15) is 0 Å². The lowest BCUT2D eigenvalue weighted by Crippen LogP contribution is -1.61. The molecule has 0 N–H and O–H groups in total. The second-order valence-corrected chi connectivity index (χ2v) is 2.11. The molecule has 52 valence electrons. The Morgan fingerprint density at radius 3 is 2.33 bits per heavy atom. The fourth-order valence-corrected chi connectivity index (χ4v) is 0.885. The minimum absolute atomic E-state index is 0. The van der Waals surface area contributed by atoms with E-state index in [1.807, 2.05) is 11.4 Å². The molecule has 1 aromatic heterocycles. The van der Waals surface area contributed by atoms with E-state index >= 15 is 0 Å². The smallest absolute Gasteiger partial charge is 0.159 e. The predicted octanol–water partition coefficient (Wildman–Crippen LogP) is 2.40. The molecule has 1 aromatic rings. The molecule has 0 aromatic carbocycles. The van der Waals surface area contributed by atoms with Crippen LogP contribution >= 0.6 is 36.2 Å². The standard InChI is InChI=1S/C5H4OS.2ClH/c6-4-5-2-1-3-7-5;;/h1-4H;2*1H. The normalized spacial score (nSPS) is 6.67. The van der Waals surface area contributed by atoms with Crippen LogP contribution in [0.3, 0.4) is 0 Å². The first-order valence-corrected chi connectivity index (χ1v) is 2.80. The Hall–Kier alpha value is -0.0500. The summed E-state index contributed by atoms with van der Waals surface area (Å²) in [6, 6.07) is 3.64. The average Bonchev–Trinajstić information content (AvgIpc) is 2.14. The zero-order valence-electron chi connectivity index (χ0n) is 4.44. The van der Waals surface area contributed by atoms with E-state index in [1.165, 1.54) is 11.3 Å². The van der Waals surface area contributed by atoms with Crippen molar-refractivity contribution in [2.45, 2.75) is 0 Å². The Labute approximate surface area is 69.9 Å². The summed E-state index contributed by atoms with van der Waals surface area (Å²) in [5.74, 6) is 0. The maximum absolute atomic E-state index is 9.88. The van der Waals surface area contributed by atoms with E-state index in [9.17, 15) is 4.79 Å². The van der Waals surface area contributed by atoms with Crippen molar-refractivity contribution in [2.24, 2.45) is 0 Å². The molecule has 1 heterocycles. The first-order valence-electron chi connectivity index (χ1n) is 1.92. The van der Waals surface area contributed by atoms with Crippen molar-refractivity contribution in [3.63, 3.8) is 0 Å². The molecule has 0 saturated carbocycles. The van der Waals surface area contributed by atoms with E-state index in [-0.39, 0.29) is 24.8 Å². The summed E-state index contributed by atoms with van der Waals surface area (Å²) in [6.45, 7) is 0. The quantitative estimate of drug-likeness (QED) is 0.614. The highest BCUT2D eigenvalue weighted by Gasteiger charge is 1.82. The molecule has 0 unspecified atom stereocenters. The van der Waals surface area contributed by atoms with Gasteiger partial charge in [0.05, 0.1) is 4.88 Å². The van der Waals surface area contributed by atoms with Gasteiger partial charge in [0, 0.05) is 0 Å². The lowest BCUT2D eigenvalue weighted by molar-refractivity contribution is 0.112. The van der Waals surface area contributed by atoms with Crippen molar-refractivity contribution in [2.75, 3.05) is 0 Å². The van der Waals surface area contributed by atoms with Crippen LogP contribution in [-0.4, -0.2) is 6.29 Å². The Kier molecular flexibility index (Phi) is 7.91. The third-order valence-corrected chi connectivity index (χ3v) is 1.46. The van der Waals surface area contributed by atoms with Crippen LogP contribution in [0, 0.1) is 0 Å². The molecule has 0 amide bonds. The number of aldehydes is 1. The molecule has 0 saturated heterocycles. The zero-order valence-corrected chi connectivity index (χ0v) is 6.89. The Balaban J connectivity index is 0. The Morgan fingerprint density at radius 2 is 2.11 bits per heavy atom. The van der Waals surface area contributed by atoms with Gasteiger partial charge >= 0.3 is 0 Å². The highest BCUT2D eigenvalue weighted by atomic mass is 35.5. The highest BCUT2D eigenvalue weighted by molar-refractivity contribution is 7.11. The number of thiophene rings is 1.